The fraction of sp³-hybridized carbons (Fsp3) is 0.222. The number of nitrogens with zero attached hydrogens (tertiary/aromatic N) is 2. The molecule has 22 heavy (non-hydrogen) atoms. The zero-order valence-electron chi connectivity index (χ0n) is 13.1. The summed E-state index contributed by atoms with van der Waals surface area (Å²) in [5.41, 5.74) is 5.96. The molecule has 0 saturated heterocycles. The average Bonchev–Trinajstić information content (AvgIpc) is 2.76. The van der Waals surface area contributed by atoms with Crippen molar-refractivity contribution in [3.8, 4) is 0 Å². The van der Waals surface area contributed by atoms with Gasteiger partial charge in [-0.3, -0.25) is 15.4 Å². The first-order valence-corrected chi connectivity index (χ1v) is 7.35. The first-order valence-electron chi connectivity index (χ1n) is 7.35. The Morgan fingerprint density at radius 1 is 1.00 bits per heavy atom. The summed E-state index contributed by atoms with van der Waals surface area (Å²) in [5, 5.41) is 15.9. The van der Waals surface area contributed by atoms with Gasteiger partial charge in [-0.15, -0.1) is 0 Å². The number of hydrogen-bond donors (Lipinski definition) is 2. The molecule has 4 nitrogen and oxygen atoms in total. The Hall–Kier alpha value is -2.62. The van der Waals surface area contributed by atoms with Crippen LogP contribution in [0.15, 0.2) is 42.5 Å². The number of pyridine rings is 1. The van der Waals surface area contributed by atoms with E-state index in [2.05, 4.69) is 48.7 Å². The van der Waals surface area contributed by atoms with Crippen LogP contribution in [0.5, 0.6) is 0 Å². The normalized spacial score (nSPS) is 11.0. The van der Waals surface area contributed by atoms with E-state index in [-0.39, 0.29) is 0 Å². The van der Waals surface area contributed by atoms with Crippen LogP contribution in [0.25, 0.3) is 11.0 Å². The fourth-order valence-electron chi connectivity index (χ4n) is 2.84. The molecule has 2 heterocycles. The highest BCUT2D eigenvalue weighted by atomic mass is 15.1. The number of aryl methyl sites for hydroxylation is 2. The van der Waals surface area contributed by atoms with Crippen LogP contribution >= 0.6 is 0 Å². The fourth-order valence-corrected chi connectivity index (χ4v) is 2.84. The highest BCUT2D eigenvalue weighted by Crippen LogP contribution is 2.20. The Morgan fingerprint density at radius 3 is 2.32 bits per heavy atom. The van der Waals surface area contributed by atoms with Gasteiger partial charge in [-0.25, -0.2) is 0 Å². The Kier molecular flexibility index (Phi) is 3.45. The lowest BCUT2D eigenvalue weighted by molar-refractivity contribution is 0.803. The van der Waals surface area contributed by atoms with Crippen LogP contribution in [-0.4, -0.2) is 15.0 Å². The minimum absolute atomic E-state index is 0.340. The predicted molar refractivity (Wildman–Crippen MR) is 89.6 cm³/mol. The van der Waals surface area contributed by atoms with Crippen LogP contribution in [-0.2, 0) is 6.54 Å². The number of nitrogens with one attached hydrogen (secondary N) is 2. The maximum absolute atomic E-state index is 8.02. The van der Waals surface area contributed by atoms with Gasteiger partial charge < -0.3 is 4.57 Å². The zero-order chi connectivity index (χ0) is 15.9. The molecule has 0 radical (unpaired) electrons. The maximum Gasteiger partial charge on any atom is 0.130 e. The van der Waals surface area contributed by atoms with Crippen LogP contribution in [0.1, 0.15) is 23.7 Å². The molecule has 3 rings (SSSR count). The van der Waals surface area contributed by atoms with Crippen LogP contribution in [0, 0.1) is 24.7 Å². The Bertz CT molecular complexity index is 911. The van der Waals surface area contributed by atoms with Crippen LogP contribution in [0.2, 0.25) is 0 Å². The van der Waals surface area contributed by atoms with Crippen molar-refractivity contribution in [3.05, 3.63) is 64.8 Å². The standard InChI is InChI=1S/C18H20N4/c1-12-4-6-15(7-5-12)11-21-13(2)10-17-16(21)8-9-18(20)22(17)14(3)19/h4-10,19-20H,11H2,1-3H3. The molecule has 0 atom stereocenters. The number of rotatable bonds is 2. The molecule has 0 amide bonds. The number of hydrogen-bond acceptors (Lipinski definition) is 2. The van der Waals surface area contributed by atoms with Gasteiger partial charge in [-0.2, -0.15) is 0 Å². The van der Waals surface area contributed by atoms with Gasteiger partial charge in [-0.05, 0) is 44.5 Å². The van der Waals surface area contributed by atoms with Crippen molar-refractivity contribution in [3.63, 3.8) is 0 Å². The highest BCUT2D eigenvalue weighted by Gasteiger charge is 2.11. The molecule has 3 aromatic rings. The topological polar surface area (TPSA) is 57.6 Å². The van der Waals surface area contributed by atoms with E-state index in [0.717, 1.165) is 23.3 Å². The van der Waals surface area contributed by atoms with Crippen LogP contribution in [0.3, 0.4) is 0 Å². The van der Waals surface area contributed by atoms with Gasteiger partial charge in [0.25, 0.3) is 0 Å². The van der Waals surface area contributed by atoms with Gasteiger partial charge in [0.2, 0.25) is 0 Å². The summed E-state index contributed by atoms with van der Waals surface area (Å²) in [5.74, 6) is 0.364. The van der Waals surface area contributed by atoms with E-state index in [0.29, 0.717) is 11.3 Å². The van der Waals surface area contributed by atoms with Gasteiger partial charge in [0, 0.05) is 12.2 Å². The van der Waals surface area contributed by atoms with Crippen molar-refractivity contribution in [1.29, 1.82) is 10.8 Å². The molecule has 2 aromatic heterocycles. The molecule has 0 aliphatic heterocycles. The molecule has 112 valence electrons. The highest BCUT2D eigenvalue weighted by molar-refractivity contribution is 5.90. The van der Waals surface area contributed by atoms with Crippen molar-refractivity contribution < 1.29 is 0 Å². The van der Waals surface area contributed by atoms with E-state index < -0.39 is 0 Å². The molecule has 0 aliphatic carbocycles. The summed E-state index contributed by atoms with van der Waals surface area (Å²) in [7, 11) is 0. The Balaban J connectivity index is 2.16. The summed E-state index contributed by atoms with van der Waals surface area (Å²) in [6.45, 7) is 6.67. The van der Waals surface area contributed by atoms with E-state index in [4.69, 9.17) is 10.8 Å². The third-order valence-electron chi connectivity index (χ3n) is 4.00. The lowest BCUT2D eigenvalue weighted by Gasteiger charge is -2.10. The number of fused-ring (bicyclic) bond motifs is 1. The second kappa shape index (κ2) is 5.30. The number of benzene rings is 1. The monoisotopic (exact) mass is 292 g/mol. The molecule has 0 aliphatic rings. The second-order valence-corrected chi connectivity index (χ2v) is 5.77. The first kappa shape index (κ1) is 14.3. The second-order valence-electron chi connectivity index (χ2n) is 5.77. The summed E-state index contributed by atoms with van der Waals surface area (Å²) in [6, 6.07) is 14.3. The van der Waals surface area contributed by atoms with Crippen molar-refractivity contribution in [2.24, 2.45) is 0 Å². The van der Waals surface area contributed by atoms with Crippen molar-refractivity contribution in [2.45, 2.75) is 27.3 Å². The summed E-state index contributed by atoms with van der Waals surface area (Å²) < 4.78 is 3.91. The predicted octanol–water partition coefficient (Wildman–Crippen LogP) is 3.43. The largest absolute Gasteiger partial charge is 0.339 e. The third-order valence-corrected chi connectivity index (χ3v) is 4.00. The molecule has 0 spiro atoms. The lowest BCUT2D eigenvalue weighted by Crippen LogP contribution is -2.24. The van der Waals surface area contributed by atoms with Crippen molar-refractivity contribution >= 4 is 16.9 Å². The molecule has 2 N–H and O–H groups in total. The maximum atomic E-state index is 8.02. The average molecular weight is 292 g/mol. The molecule has 4 heteroatoms. The minimum Gasteiger partial charge on any atom is -0.339 e. The lowest BCUT2D eigenvalue weighted by atomic mass is 10.1. The molecule has 0 bridgehead atoms. The van der Waals surface area contributed by atoms with Gasteiger partial charge >= 0.3 is 0 Å². The molecular formula is C18H20N4. The van der Waals surface area contributed by atoms with Gasteiger partial charge in [-0.1, -0.05) is 29.8 Å². The van der Waals surface area contributed by atoms with Crippen LogP contribution in [0.4, 0.5) is 0 Å². The van der Waals surface area contributed by atoms with Gasteiger partial charge in [0.1, 0.15) is 11.3 Å². The van der Waals surface area contributed by atoms with Crippen LogP contribution < -0.4 is 5.49 Å². The van der Waals surface area contributed by atoms with Crippen molar-refractivity contribution in [1.82, 2.24) is 9.13 Å². The van der Waals surface area contributed by atoms with E-state index >= 15 is 0 Å². The van der Waals surface area contributed by atoms with Gasteiger partial charge in [0.15, 0.2) is 0 Å². The first-order chi connectivity index (χ1) is 10.5. The van der Waals surface area contributed by atoms with Gasteiger partial charge in [0.05, 0.1) is 11.0 Å². The Morgan fingerprint density at radius 2 is 1.68 bits per heavy atom. The van der Waals surface area contributed by atoms with E-state index in [1.807, 2.05) is 6.07 Å². The molecule has 0 unspecified atom stereocenters. The zero-order valence-corrected chi connectivity index (χ0v) is 13.1. The molecule has 0 fully saturated rings. The minimum atomic E-state index is 0.340. The van der Waals surface area contributed by atoms with Crippen molar-refractivity contribution in [2.75, 3.05) is 0 Å². The molecule has 0 saturated carbocycles. The molecule has 1 aromatic carbocycles. The summed E-state index contributed by atoms with van der Waals surface area (Å²) in [4.78, 5) is 0. The van der Waals surface area contributed by atoms with E-state index in [9.17, 15) is 0 Å². The summed E-state index contributed by atoms with van der Waals surface area (Å²) >= 11 is 0. The molecular weight excluding hydrogens is 272 g/mol. The SMILES string of the molecule is CC(=N)n1c(=N)ccc2c1cc(C)n2Cc1ccc(C)cc1. The third kappa shape index (κ3) is 2.37. The number of aromatic nitrogens is 2. The Labute approximate surface area is 129 Å². The smallest absolute Gasteiger partial charge is 0.130 e. The quantitative estimate of drug-likeness (QED) is 0.537. The summed E-state index contributed by atoms with van der Waals surface area (Å²) in [6.07, 6.45) is 0. The van der Waals surface area contributed by atoms with E-state index in [1.165, 1.54) is 11.1 Å². The van der Waals surface area contributed by atoms with E-state index in [1.54, 1.807) is 17.6 Å².